The summed E-state index contributed by atoms with van der Waals surface area (Å²) in [6.07, 6.45) is 0. The molecule has 3 N–H and O–H groups in total. The van der Waals surface area contributed by atoms with Crippen molar-refractivity contribution >= 4 is 5.91 Å². The van der Waals surface area contributed by atoms with Crippen molar-refractivity contribution < 1.29 is 4.79 Å². The van der Waals surface area contributed by atoms with Gasteiger partial charge in [0.1, 0.15) is 5.54 Å². The summed E-state index contributed by atoms with van der Waals surface area (Å²) in [6, 6.07) is 9.43. The number of likely N-dealkylation sites (N-methyl/N-ethyl adjacent to an activating group) is 1. The van der Waals surface area contributed by atoms with Gasteiger partial charge in [-0.25, -0.2) is 0 Å². The summed E-state index contributed by atoms with van der Waals surface area (Å²) >= 11 is 0. The zero-order valence-corrected chi connectivity index (χ0v) is 11.4. The monoisotopic (exact) mass is 249 g/mol. The van der Waals surface area contributed by atoms with E-state index in [1.165, 1.54) is 0 Å². The SMILES string of the molecule is CCN(C)CCNC(=O)C(C)(N)c1ccccc1. The largest absolute Gasteiger partial charge is 0.353 e. The Balaban J connectivity index is 2.55. The normalized spacial score (nSPS) is 14.3. The number of nitrogens with one attached hydrogen (secondary N) is 1. The predicted molar refractivity (Wildman–Crippen MR) is 74.2 cm³/mol. The highest BCUT2D eigenvalue weighted by molar-refractivity contribution is 5.86. The maximum atomic E-state index is 12.1. The number of amides is 1. The van der Waals surface area contributed by atoms with Crippen molar-refractivity contribution in [2.45, 2.75) is 19.4 Å². The average Bonchev–Trinajstić information content (AvgIpc) is 2.39. The summed E-state index contributed by atoms with van der Waals surface area (Å²) in [5.41, 5.74) is 5.95. The number of hydrogen-bond donors (Lipinski definition) is 2. The number of hydrogen-bond acceptors (Lipinski definition) is 3. The van der Waals surface area contributed by atoms with Crippen molar-refractivity contribution in [1.29, 1.82) is 0 Å². The minimum absolute atomic E-state index is 0.141. The van der Waals surface area contributed by atoms with Crippen LogP contribution in [0.1, 0.15) is 19.4 Å². The first kappa shape index (κ1) is 14.7. The highest BCUT2D eigenvalue weighted by atomic mass is 16.2. The summed E-state index contributed by atoms with van der Waals surface area (Å²) in [7, 11) is 2.02. The third kappa shape index (κ3) is 3.82. The topological polar surface area (TPSA) is 58.4 Å². The molecule has 0 aliphatic rings. The Labute approximate surface area is 109 Å². The van der Waals surface area contributed by atoms with E-state index in [1.807, 2.05) is 37.4 Å². The molecule has 0 saturated carbocycles. The summed E-state index contributed by atoms with van der Waals surface area (Å²) < 4.78 is 0. The van der Waals surface area contributed by atoms with Crippen LogP contribution in [0.2, 0.25) is 0 Å². The van der Waals surface area contributed by atoms with Gasteiger partial charge in [0.05, 0.1) is 0 Å². The van der Waals surface area contributed by atoms with E-state index in [0.29, 0.717) is 6.54 Å². The van der Waals surface area contributed by atoms with Gasteiger partial charge in [-0.15, -0.1) is 0 Å². The first-order chi connectivity index (χ1) is 8.48. The van der Waals surface area contributed by atoms with E-state index in [0.717, 1.165) is 18.7 Å². The van der Waals surface area contributed by atoms with Gasteiger partial charge >= 0.3 is 0 Å². The predicted octanol–water partition coefficient (Wildman–Crippen LogP) is 0.928. The highest BCUT2D eigenvalue weighted by Crippen LogP contribution is 2.16. The van der Waals surface area contributed by atoms with Crippen molar-refractivity contribution in [2.75, 3.05) is 26.7 Å². The molecule has 100 valence electrons. The molecule has 1 unspecified atom stereocenters. The molecule has 0 bridgehead atoms. The molecular weight excluding hydrogens is 226 g/mol. The molecule has 1 amide bonds. The Morgan fingerprint density at radius 2 is 2.00 bits per heavy atom. The van der Waals surface area contributed by atoms with Crippen LogP contribution in [0.5, 0.6) is 0 Å². The molecule has 1 rings (SSSR count). The van der Waals surface area contributed by atoms with Crippen LogP contribution in [0.25, 0.3) is 0 Å². The van der Waals surface area contributed by atoms with Gasteiger partial charge in [0.25, 0.3) is 0 Å². The van der Waals surface area contributed by atoms with E-state index in [2.05, 4.69) is 17.1 Å². The first-order valence-corrected chi connectivity index (χ1v) is 6.29. The van der Waals surface area contributed by atoms with Crippen molar-refractivity contribution in [1.82, 2.24) is 10.2 Å². The molecule has 1 aromatic rings. The van der Waals surface area contributed by atoms with Crippen LogP contribution < -0.4 is 11.1 Å². The van der Waals surface area contributed by atoms with E-state index >= 15 is 0 Å². The van der Waals surface area contributed by atoms with Gasteiger partial charge in [0, 0.05) is 13.1 Å². The molecule has 0 radical (unpaired) electrons. The maximum Gasteiger partial charge on any atom is 0.244 e. The Morgan fingerprint density at radius 3 is 2.56 bits per heavy atom. The zero-order chi connectivity index (χ0) is 13.6. The molecule has 0 spiro atoms. The van der Waals surface area contributed by atoms with Gasteiger partial charge < -0.3 is 16.0 Å². The third-order valence-corrected chi connectivity index (χ3v) is 3.16. The van der Waals surface area contributed by atoms with Crippen LogP contribution in [-0.4, -0.2) is 37.5 Å². The molecule has 18 heavy (non-hydrogen) atoms. The van der Waals surface area contributed by atoms with Crippen molar-refractivity contribution in [3.8, 4) is 0 Å². The molecule has 1 aromatic carbocycles. The summed E-state index contributed by atoms with van der Waals surface area (Å²) in [6.45, 7) is 6.23. The molecule has 0 heterocycles. The van der Waals surface area contributed by atoms with Crippen LogP contribution >= 0.6 is 0 Å². The Bertz CT molecular complexity index is 376. The average molecular weight is 249 g/mol. The second-order valence-corrected chi connectivity index (χ2v) is 4.72. The summed E-state index contributed by atoms with van der Waals surface area (Å²) in [5.74, 6) is -0.141. The Morgan fingerprint density at radius 1 is 1.39 bits per heavy atom. The third-order valence-electron chi connectivity index (χ3n) is 3.16. The van der Waals surface area contributed by atoms with Crippen LogP contribution in [0.15, 0.2) is 30.3 Å². The quantitative estimate of drug-likeness (QED) is 0.788. The molecule has 0 fully saturated rings. The Hall–Kier alpha value is -1.39. The van der Waals surface area contributed by atoms with E-state index in [4.69, 9.17) is 5.73 Å². The number of rotatable bonds is 6. The lowest BCUT2D eigenvalue weighted by molar-refractivity contribution is -0.126. The summed E-state index contributed by atoms with van der Waals surface area (Å²) in [4.78, 5) is 14.2. The van der Waals surface area contributed by atoms with Crippen LogP contribution in [0.4, 0.5) is 0 Å². The van der Waals surface area contributed by atoms with Gasteiger partial charge in [0.2, 0.25) is 5.91 Å². The fourth-order valence-electron chi connectivity index (χ4n) is 1.62. The van der Waals surface area contributed by atoms with Gasteiger partial charge in [-0.05, 0) is 26.1 Å². The molecule has 4 heteroatoms. The molecule has 0 aliphatic heterocycles. The standard InChI is InChI=1S/C14H23N3O/c1-4-17(3)11-10-16-13(18)14(2,15)12-8-6-5-7-9-12/h5-9H,4,10-11,15H2,1-3H3,(H,16,18). The van der Waals surface area contributed by atoms with Crippen molar-refractivity contribution in [3.05, 3.63) is 35.9 Å². The van der Waals surface area contributed by atoms with Crippen LogP contribution in [0, 0.1) is 0 Å². The first-order valence-electron chi connectivity index (χ1n) is 6.29. The molecule has 0 aliphatic carbocycles. The fraction of sp³-hybridized carbons (Fsp3) is 0.500. The number of nitrogens with two attached hydrogens (primary N) is 1. The van der Waals surface area contributed by atoms with Gasteiger partial charge in [-0.2, -0.15) is 0 Å². The minimum Gasteiger partial charge on any atom is -0.353 e. The van der Waals surface area contributed by atoms with Crippen LogP contribution in [0.3, 0.4) is 0 Å². The smallest absolute Gasteiger partial charge is 0.244 e. The van der Waals surface area contributed by atoms with E-state index in [9.17, 15) is 4.79 Å². The summed E-state index contributed by atoms with van der Waals surface area (Å²) in [5, 5.41) is 2.88. The second kappa shape index (κ2) is 6.52. The number of carbonyl (C=O) groups excluding carboxylic acids is 1. The highest BCUT2D eigenvalue weighted by Gasteiger charge is 2.29. The lowest BCUT2D eigenvalue weighted by atomic mass is 9.92. The fourth-order valence-corrected chi connectivity index (χ4v) is 1.62. The molecule has 0 saturated heterocycles. The maximum absolute atomic E-state index is 12.1. The molecule has 1 atom stereocenters. The van der Waals surface area contributed by atoms with Gasteiger partial charge in [0.15, 0.2) is 0 Å². The van der Waals surface area contributed by atoms with Crippen molar-refractivity contribution in [3.63, 3.8) is 0 Å². The van der Waals surface area contributed by atoms with Gasteiger partial charge in [-0.1, -0.05) is 37.3 Å². The van der Waals surface area contributed by atoms with Crippen LogP contribution in [-0.2, 0) is 10.3 Å². The number of benzene rings is 1. The number of nitrogens with zero attached hydrogens (tertiary/aromatic N) is 1. The minimum atomic E-state index is -0.980. The van der Waals surface area contributed by atoms with E-state index in [1.54, 1.807) is 6.92 Å². The molecular formula is C14H23N3O. The lowest BCUT2D eigenvalue weighted by Crippen LogP contribution is -2.50. The van der Waals surface area contributed by atoms with E-state index < -0.39 is 5.54 Å². The lowest BCUT2D eigenvalue weighted by Gasteiger charge is -2.24. The Kier molecular flexibility index (Phi) is 5.31. The molecule has 0 aromatic heterocycles. The van der Waals surface area contributed by atoms with E-state index in [-0.39, 0.29) is 5.91 Å². The van der Waals surface area contributed by atoms with Crippen molar-refractivity contribution in [2.24, 2.45) is 5.73 Å². The zero-order valence-electron chi connectivity index (χ0n) is 11.4. The second-order valence-electron chi connectivity index (χ2n) is 4.72. The van der Waals surface area contributed by atoms with Gasteiger partial charge in [-0.3, -0.25) is 4.79 Å². The molecule has 4 nitrogen and oxygen atoms in total. The number of carbonyl (C=O) groups is 1.